The first-order valence-corrected chi connectivity index (χ1v) is 6.87. The van der Waals surface area contributed by atoms with Gasteiger partial charge >= 0.3 is 0 Å². The minimum absolute atomic E-state index is 0.0295. The van der Waals surface area contributed by atoms with Crippen molar-refractivity contribution in [2.75, 3.05) is 7.05 Å². The number of hydrogen-bond donors (Lipinski definition) is 1. The molecule has 0 fully saturated rings. The normalized spacial score (nSPS) is 16.4. The highest BCUT2D eigenvalue weighted by Crippen LogP contribution is 2.27. The number of carbonyl (C=O) groups is 1. The van der Waals surface area contributed by atoms with E-state index >= 15 is 0 Å². The van der Waals surface area contributed by atoms with Gasteiger partial charge in [-0.2, -0.15) is 0 Å². The van der Waals surface area contributed by atoms with Gasteiger partial charge in [-0.25, -0.2) is 4.98 Å². The molecule has 0 saturated carbocycles. The van der Waals surface area contributed by atoms with Crippen molar-refractivity contribution in [2.45, 2.75) is 45.2 Å². The van der Waals surface area contributed by atoms with E-state index in [2.05, 4.69) is 4.98 Å². The van der Waals surface area contributed by atoms with Gasteiger partial charge in [-0.1, -0.05) is 0 Å². The van der Waals surface area contributed by atoms with Gasteiger partial charge in [0.05, 0.1) is 18.3 Å². The van der Waals surface area contributed by atoms with Crippen LogP contribution in [0.25, 0.3) is 0 Å². The fourth-order valence-corrected chi connectivity index (χ4v) is 3.31. The Morgan fingerprint density at radius 1 is 1.53 bits per heavy atom. The van der Waals surface area contributed by atoms with Crippen LogP contribution in [-0.2, 0) is 24.2 Å². The maximum absolute atomic E-state index is 11.7. The lowest BCUT2D eigenvalue weighted by molar-refractivity contribution is -0.131. The first kappa shape index (κ1) is 12.5. The average Bonchev–Trinajstić information content (AvgIpc) is 2.69. The number of hydrogen-bond acceptors (Lipinski definition) is 4. The Bertz CT molecular complexity index is 390. The van der Waals surface area contributed by atoms with Crippen molar-refractivity contribution in [1.29, 1.82) is 0 Å². The maximum Gasteiger partial charge on any atom is 0.239 e. The van der Waals surface area contributed by atoms with Gasteiger partial charge in [0.15, 0.2) is 0 Å². The number of nitrogens with two attached hydrogens (primary N) is 1. The van der Waals surface area contributed by atoms with Crippen molar-refractivity contribution in [3.8, 4) is 0 Å². The zero-order valence-electron chi connectivity index (χ0n) is 10.4. The van der Waals surface area contributed by atoms with E-state index in [4.69, 9.17) is 5.73 Å². The Morgan fingerprint density at radius 2 is 2.24 bits per heavy atom. The van der Waals surface area contributed by atoms with E-state index in [0.717, 1.165) is 17.8 Å². The molecule has 0 aromatic carbocycles. The summed E-state index contributed by atoms with van der Waals surface area (Å²) in [5.74, 6) is -0.0295. The third-order valence-corrected chi connectivity index (χ3v) is 4.17. The molecule has 1 aromatic heterocycles. The molecule has 17 heavy (non-hydrogen) atoms. The zero-order valence-corrected chi connectivity index (χ0v) is 11.2. The summed E-state index contributed by atoms with van der Waals surface area (Å²) in [4.78, 5) is 19.4. The molecule has 0 unspecified atom stereocenters. The average molecular weight is 253 g/mol. The molecule has 4 nitrogen and oxygen atoms in total. The van der Waals surface area contributed by atoms with Crippen LogP contribution in [0.4, 0.5) is 0 Å². The summed E-state index contributed by atoms with van der Waals surface area (Å²) in [7, 11) is 1.78. The number of amides is 1. The predicted molar refractivity (Wildman–Crippen MR) is 68.9 cm³/mol. The number of aromatic nitrogens is 1. The number of likely N-dealkylation sites (N-methyl/N-ethyl adjacent to an activating group) is 1. The van der Waals surface area contributed by atoms with Crippen molar-refractivity contribution in [1.82, 2.24) is 9.88 Å². The van der Waals surface area contributed by atoms with Gasteiger partial charge in [-0.15, -0.1) is 11.3 Å². The molecule has 0 saturated heterocycles. The second-order valence-corrected chi connectivity index (χ2v) is 5.84. The Kier molecular flexibility index (Phi) is 3.79. The number of aryl methyl sites for hydroxylation is 2. The number of carbonyl (C=O) groups excluding carboxylic acids is 1. The lowest BCUT2D eigenvalue weighted by Gasteiger charge is -2.17. The molecular weight excluding hydrogens is 234 g/mol. The fourth-order valence-electron chi connectivity index (χ4n) is 2.10. The maximum atomic E-state index is 11.7. The second kappa shape index (κ2) is 5.14. The van der Waals surface area contributed by atoms with Crippen LogP contribution in [0.5, 0.6) is 0 Å². The summed E-state index contributed by atoms with van der Waals surface area (Å²) < 4.78 is 0. The lowest BCUT2D eigenvalue weighted by atomic mass is 10.0. The molecule has 0 radical (unpaired) electrons. The molecule has 5 heteroatoms. The van der Waals surface area contributed by atoms with Crippen LogP contribution >= 0.6 is 11.3 Å². The summed E-state index contributed by atoms with van der Waals surface area (Å²) in [5.41, 5.74) is 6.83. The summed E-state index contributed by atoms with van der Waals surface area (Å²) >= 11 is 1.75. The first-order chi connectivity index (χ1) is 8.08. The molecule has 0 aliphatic heterocycles. The molecule has 2 N–H and O–H groups in total. The van der Waals surface area contributed by atoms with Crippen LogP contribution in [0, 0.1) is 0 Å². The zero-order chi connectivity index (χ0) is 12.4. The number of thiazole rings is 1. The molecule has 1 aliphatic carbocycles. The third kappa shape index (κ3) is 2.84. The Hall–Kier alpha value is -0.940. The lowest BCUT2D eigenvalue weighted by Crippen LogP contribution is -2.39. The van der Waals surface area contributed by atoms with Crippen molar-refractivity contribution in [3.63, 3.8) is 0 Å². The van der Waals surface area contributed by atoms with Crippen molar-refractivity contribution in [3.05, 3.63) is 15.6 Å². The molecule has 0 bridgehead atoms. The van der Waals surface area contributed by atoms with Gasteiger partial charge in [-0.05, 0) is 32.6 Å². The van der Waals surface area contributed by atoms with Crippen LogP contribution in [0.15, 0.2) is 0 Å². The quantitative estimate of drug-likeness (QED) is 0.884. The van der Waals surface area contributed by atoms with E-state index in [-0.39, 0.29) is 5.91 Å². The number of nitrogens with zero attached hydrogens (tertiary/aromatic N) is 2. The highest BCUT2D eigenvalue weighted by atomic mass is 32.1. The van der Waals surface area contributed by atoms with E-state index in [1.54, 1.807) is 30.2 Å². The van der Waals surface area contributed by atoms with E-state index in [1.807, 2.05) is 0 Å². The molecule has 1 aromatic rings. The van der Waals surface area contributed by atoms with Crippen molar-refractivity contribution in [2.24, 2.45) is 5.73 Å². The van der Waals surface area contributed by atoms with E-state index in [1.165, 1.54) is 23.4 Å². The highest BCUT2D eigenvalue weighted by molar-refractivity contribution is 7.11. The van der Waals surface area contributed by atoms with E-state index < -0.39 is 6.04 Å². The van der Waals surface area contributed by atoms with E-state index in [9.17, 15) is 4.79 Å². The molecule has 94 valence electrons. The summed E-state index contributed by atoms with van der Waals surface area (Å²) in [6.45, 7) is 2.30. The summed E-state index contributed by atoms with van der Waals surface area (Å²) in [5, 5.41) is 1.04. The molecular formula is C12H19N3OS. The van der Waals surface area contributed by atoms with Gasteiger partial charge in [0.1, 0.15) is 5.01 Å². The van der Waals surface area contributed by atoms with Gasteiger partial charge in [0.2, 0.25) is 5.91 Å². The Labute approximate surface area is 106 Å². The Balaban J connectivity index is 2.03. The first-order valence-electron chi connectivity index (χ1n) is 6.06. The minimum atomic E-state index is -0.436. The second-order valence-electron chi connectivity index (χ2n) is 4.67. The van der Waals surface area contributed by atoms with Crippen LogP contribution in [0.3, 0.4) is 0 Å². The van der Waals surface area contributed by atoms with Gasteiger partial charge in [-0.3, -0.25) is 4.79 Å². The van der Waals surface area contributed by atoms with Crippen LogP contribution in [-0.4, -0.2) is 28.9 Å². The van der Waals surface area contributed by atoms with Crippen molar-refractivity contribution < 1.29 is 4.79 Å². The SMILES string of the molecule is C[C@@H](N)C(=O)N(C)Cc1nc2c(s1)CCCC2. The number of rotatable bonds is 3. The minimum Gasteiger partial charge on any atom is -0.338 e. The molecule has 2 rings (SSSR count). The van der Waals surface area contributed by atoms with Crippen molar-refractivity contribution >= 4 is 17.2 Å². The van der Waals surface area contributed by atoms with Gasteiger partial charge in [0.25, 0.3) is 0 Å². The molecule has 0 spiro atoms. The predicted octanol–water partition coefficient (Wildman–Crippen LogP) is 1.33. The highest BCUT2D eigenvalue weighted by Gasteiger charge is 2.18. The Morgan fingerprint density at radius 3 is 2.88 bits per heavy atom. The summed E-state index contributed by atoms with van der Waals surface area (Å²) in [6, 6.07) is -0.436. The van der Waals surface area contributed by atoms with Crippen LogP contribution < -0.4 is 5.73 Å². The topological polar surface area (TPSA) is 59.2 Å². The largest absolute Gasteiger partial charge is 0.338 e. The monoisotopic (exact) mass is 253 g/mol. The van der Waals surface area contributed by atoms with E-state index in [0.29, 0.717) is 6.54 Å². The third-order valence-electron chi connectivity index (χ3n) is 3.03. The summed E-state index contributed by atoms with van der Waals surface area (Å²) in [6.07, 6.45) is 4.75. The van der Waals surface area contributed by atoms with Gasteiger partial charge in [0, 0.05) is 11.9 Å². The molecule has 1 heterocycles. The fraction of sp³-hybridized carbons (Fsp3) is 0.667. The molecule has 1 aliphatic rings. The molecule has 1 amide bonds. The van der Waals surface area contributed by atoms with Crippen LogP contribution in [0.1, 0.15) is 35.3 Å². The van der Waals surface area contributed by atoms with Gasteiger partial charge < -0.3 is 10.6 Å². The smallest absolute Gasteiger partial charge is 0.239 e. The standard InChI is InChI=1S/C12H19N3OS/c1-8(13)12(16)15(2)7-11-14-9-5-3-4-6-10(9)17-11/h8H,3-7,13H2,1-2H3/t8-/m1/s1. The molecule has 1 atom stereocenters. The van der Waals surface area contributed by atoms with Crippen LogP contribution in [0.2, 0.25) is 0 Å². The number of fused-ring (bicyclic) bond motifs is 1.